The Morgan fingerprint density at radius 3 is 1.40 bits per heavy atom. The average molecular weight is 727 g/mol. The highest BCUT2D eigenvalue weighted by molar-refractivity contribution is 5.96. The number of carboxylic acids is 1. The highest BCUT2D eigenvalue weighted by Crippen LogP contribution is 2.21. The van der Waals surface area contributed by atoms with Crippen LogP contribution in [0.25, 0.3) is 0 Å². The summed E-state index contributed by atoms with van der Waals surface area (Å²) in [5.41, 5.74) is 8.72. The van der Waals surface area contributed by atoms with Crippen molar-refractivity contribution in [2.75, 3.05) is 24.1 Å². The molecule has 0 saturated carbocycles. The van der Waals surface area contributed by atoms with E-state index in [-0.39, 0.29) is 19.1 Å². The van der Waals surface area contributed by atoms with Crippen LogP contribution in [0.1, 0.15) is 64.5 Å². The zero-order valence-corrected chi connectivity index (χ0v) is 31.2. The molecule has 2 aliphatic rings. The maximum atomic E-state index is 12.4. The predicted molar refractivity (Wildman–Crippen MR) is 209 cm³/mol. The van der Waals surface area contributed by atoms with E-state index in [0.717, 1.165) is 28.9 Å². The monoisotopic (exact) mass is 726 g/mol. The van der Waals surface area contributed by atoms with Gasteiger partial charge >= 0.3 is 18.2 Å². The fourth-order valence-electron chi connectivity index (χ4n) is 5.30. The Hall–Kier alpha value is -5.84. The van der Waals surface area contributed by atoms with Crippen LogP contribution in [0, 0.1) is 0 Å². The molecule has 0 bridgehead atoms. The second kappa shape index (κ2) is 25.2. The maximum Gasteiger partial charge on any atom is 0.410 e. The molecule has 3 amide bonds. The number of rotatable bonds is 7. The number of hydrogen-bond donors (Lipinski definition) is 3. The second-order valence-electron chi connectivity index (χ2n) is 11.4. The first-order valence-corrected chi connectivity index (χ1v) is 18.2. The van der Waals surface area contributed by atoms with Crippen molar-refractivity contribution in [3.05, 3.63) is 132 Å². The Balaban J connectivity index is 0.000000294. The number of carbonyl (C=O) groups is 4. The van der Waals surface area contributed by atoms with Crippen molar-refractivity contribution in [1.82, 2.24) is 9.80 Å². The molecule has 6 rings (SSSR count). The van der Waals surface area contributed by atoms with Gasteiger partial charge in [0.1, 0.15) is 25.3 Å². The summed E-state index contributed by atoms with van der Waals surface area (Å²) in [6, 6.07) is 36.3. The molecule has 0 aliphatic carbocycles. The van der Waals surface area contributed by atoms with Crippen LogP contribution >= 0.6 is 0 Å². The van der Waals surface area contributed by atoms with Crippen molar-refractivity contribution in [3.63, 3.8) is 0 Å². The van der Waals surface area contributed by atoms with E-state index in [9.17, 15) is 19.2 Å². The first-order valence-electron chi connectivity index (χ1n) is 18.2. The average Bonchev–Trinajstić information content (AvgIpc) is 3.92. The van der Waals surface area contributed by atoms with Gasteiger partial charge in [-0.1, -0.05) is 125 Å². The number of anilines is 2. The molecule has 4 N–H and O–H groups in total. The van der Waals surface area contributed by atoms with Crippen molar-refractivity contribution < 1.29 is 33.8 Å². The summed E-state index contributed by atoms with van der Waals surface area (Å²) in [7, 11) is 0. The van der Waals surface area contributed by atoms with Gasteiger partial charge in [0.25, 0.3) is 0 Å². The molecule has 0 spiro atoms. The number of carbonyl (C=O) groups excluding carboxylic acids is 3. The van der Waals surface area contributed by atoms with Gasteiger partial charge in [-0.25, -0.2) is 14.4 Å². The molecule has 11 nitrogen and oxygen atoms in total. The third kappa shape index (κ3) is 15.5. The van der Waals surface area contributed by atoms with Crippen molar-refractivity contribution in [1.29, 1.82) is 0 Å². The van der Waals surface area contributed by atoms with Gasteiger partial charge in [0.15, 0.2) is 0 Å². The van der Waals surface area contributed by atoms with E-state index in [1.165, 1.54) is 9.80 Å². The van der Waals surface area contributed by atoms with Crippen LogP contribution in [0.5, 0.6) is 0 Å². The number of nitrogens with two attached hydrogens (primary N) is 1. The number of aliphatic carboxylic acids is 1. The van der Waals surface area contributed by atoms with Crippen LogP contribution in [0.2, 0.25) is 0 Å². The lowest BCUT2D eigenvalue weighted by Crippen LogP contribution is -2.43. The molecule has 4 aromatic carbocycles. The highest BCUT2D eigenvalue weighted by atomic mass is 16.6. The predicted octanol–water partition coefficient (Wildman–Crippen LogP) is 8.62. The zero-order valence-electron chi connectivity index (χ0n) is 31.2. The molecule has 284 valence electrons. The molecule has 2 fully saturated rings. The van der Waals surface area contributed by atoms with Gasteiger partial charge in [0.05, 0.1) is 0 Å². The van der Waals surface area contributed by atoms with Crippen molar-refractivity contribution in [2.45, 2.75) is 78.7 Å². The number of para-hydroxylation sites is 2. The zero-order chi connectivity index (χ0) is 38.8. The number of carboxylic acid groups (broad SMARTS) is 1. The quantitative estimate of drug-likeness (QED) is 0.160. The van der Waals surface area contributed by atoms with E-state index < -0.39 is 30.2 Å². The Bertz CT molecular complexity index is 1610. The second-order valence-corrected chi connectivity index (χ2v) is 11.4. The number of nitrogens with zero attached hydrogens (tertiary/aromatic N) is 2. The summed E-state index contributed by atoms with van der Waals surface area (Å²) < 4.78 is 10.5. The topological polar surface area (TPSA) is 152 Å². The molecule has 2 aliphatic heterocycles. The Kier molecular flexibility index (Phi) is 20.6. The van der Waals surface area contributed by atoms with Crippen molar-refractivity contribution in [3.8, 4) is 0 Å². The lowest BCUT2D eigenvalue weighted by atomic mass is 10.2. The molecule has 0 unspecified atom stereocenters. The summed E-state index contributed by atoms with van der Waals surface area (Å²) in [6.07, 6.45) is 1.66. The molecule has 0 aromatic heterocycles. The van der Waals surface area contributed by atoms with Gasteiger partial charge in [0, 0.05) is 24.5 Å². The number of nitrogen functional groups attached to an aromatic ring is 1. The van der Waals surface area contributed by atoms with Crippen LogP contribution in [0.3, 0.4) is 0 Å². The summed E-state index contributed by atoms with van der Waals surface area (Å²) in [5.74, 6) is -1.14. The minimum atomic E-state index is -0.968. The SMILES string of the molecule is CC.CC.Nc1ccccc1.O=C(Nc1ccccc1)[C@@H]1CCCN1C(=O)OCc1ccccc1.O=C(O)[C@@H]1CCCN1C(=O)OCc1ccccc1. The standard InChI is InChI=1S/C19H20N2O3.C13H15NO4.C6H7N.2C2H6/c22-18(20-16-10-5-2-6-11-16)17-12-7-13-21(17)19(23)24-14-15-8-3-1-4-9-15;15-12(16)11-7-4-8-14(11)13(17)18-9-10-5-2-1-3-6-10;7-6-4-2-1-3-5-6;2*1-2/h1-6,8-11,17H,7,12-14H2,(H,20,22);1-3,5-6,11H,4,7-9H2,(H,15,16);1-5H,7H2;2*1-2H3/t17-;11-;;;/m00.../s1. The molecule has 2 heterocycles. The van der Waals surface area contributed by atoms with Gasteiger partial charge < -0.3 is 25.6 Å². The van der Waals surface area contributed by atoms with E-state index >= 15 is 0 Å². The third-order valence-corrected chi connectivity index (χ3v) is 7.81. The van der Waals surface area contributed by atoms with E-state index in [2.05, 4.69) is 5.32 Å². The van der Waals surface area contributed by atoms with Gasteiger partial charge in [-0.05, 0) is 61.1 Å². The largest absolute Gasteiger partial charge is 0.480 e. The highest BCUT2D eigenvalue weighted by Gasteiger charge is 2.36. The molecule has 2 saturated heterocycles. The van der Waals surface area contributed by atoms with E-state index in [4.69, 9.17) is 20.3 Å². The minimum Gasteiger partial charge on any atom is -0.480 e. The fourth-order valence-corrected chi connectivity index (χ4v) is 5.30. The molecule has 53 heavy (non-hydrogen) atoms. The fraction of sp³-hybridized carbons (Fsp3) is 0.333. The summed E-state index contributed by atoms with van der Waals surface area (Å²) >= 11 is 0. The lowest BCUT2D eigenvalue weighted by molar-refractivity contribution is -0.141. The molecular formula is C42H54N4O7. The Morgan fingerprint density at radius 2 is 1.00 bits per heavy atom. The smallest absolute Gasteiger partial charge is 0.410 e. The number of amides is 3. The minimum absolute atomic E-state index is 0.169. The third-order valence-electron chi connectivity index (χ3n) is 7.81. The Morgan fingerprint density at radius 1 is 0.623 bits per heavy atom. The van der Waals surface area contributed by atoms with Crippen molar-refractivity contribution >= 4 is 35.4 Å². The number of hydrogen-bond acceptors (Lipinski definition) is 7. The van der Waals surface area contributed by atoms with Crippen LogP contribution < -0.4 is 11.1 Å². The summed E-state index contributed by atoms with van der Waals surface area (Å²) in [6.45, 7) is 9.37. The van der Waals surface area contributed by atoms with Crippen molar-refractivity contribution in [2.24, 2.45) is 0 Å². The van der Waals surface area contributed by atoms with E-state index in [1.807, 2.05) is 149 Å². The van der Waals surface area contributed by atoms with Crippen LogP contribution in [0.4, 0.5) is 21.0 Å². The maximum absolute atomic E-state index is 12.4. The van der Waals surface area contributed by atoms with Crippen LogP contribution in [-0.2, 0) is 32.3 Å². The number of benzene rings is 4. The summed E-state index contributed by atoms with van der Waals surface area (Å²) in [4.78, 5) is 50.3. The first-order chi connectivity index (χ1) is 25.8. The molecule has 2 atom stereocenters. The van der Waals surface area contributed by atoms with E-state index in [1.54, 1.807) is 0 Å². The Labute approximate surface area is 313 Å². The van der Waals surface area contributed by atoms with E-state index in [0.29, 0.717) is 32.4 Å². The van der Waals surface area contributed by atoms with Gasteiger partial charge in [-0.3, -0.25) is 14.6 Å². The van der Waals surface area contributed by atoms with Crippen LogP contribution in [-0.4, -0.2) is 64.1 Å². The normalized spacial score (nSPS) is 15.2. The number of nitrogens with one attached hydrogen (secondary N) is 1. The number of likely N-dealkylation sites (tertiary alicyclic amines) is 2. The molecule has 11 heteroatoms. The van der Waals surface area contributed by atoms with Crippen LogP contribution in [0.15, 0.2) is 121 Å². The molecular weight excluding hydrogens is 672 g/mol. The van der Waals surface area contributed by atoms with Gasteiger partial charge in [-0.15, -0.1) is 0 Å². The molecule has 4 aromatic rings. The van der Waals surface area contributed by atoms with Gasteiger partial charge in [0.2, 0.25) is 5.91 Å². The lowest BCUT2D eigenvalue weighted by Gasteiger charge is -2.23. The summed E-state index contributed by atoms with van der Waals surface area (Å²) in [5, 5.41) is 11.8. The van der Waals surface area contributed by atoms with Gasteiger partial charge in [-0.2, -0.15) is 0 Å². The first kappa shape index (κ1) is 43.3. The molecule has 0 radical (unpaired) electrons. The number of ether oxygens (including phenoxy) is 2.